The molecule has 1 aromatic carbocycles. The van der Waals surface area contributed by atoms with Crippen LogP contribution in [0.2, 0.25) is 0 Å². The Bertz CT molecular complexity index is 372. The van der Waals surface area contributed by atoms with Crippen LogP contribution in [0.25, 0.3) is 0 Å². The summed E-state index contributed by atoms with van der Waals surface area (Å²) in [6, 6.07) is 7.40. The van der Waals surface area contributed by atoms with Gasteiger partial charge in [-0.1, -0.05) is 25.0 Å². The average molecular weight is 235 g/mol. The summed E-state index contributed by atoms with van der Waals surface area (Å²) in [4.78, 5) is 0. The van der Waals surface area contributed by atoms with E-state index in [9.17, 15) is 10.2 Å². The van der Waals surface area contributed by atoms with Crippen LogP contribution in [0.4, 0.5) is 0 Å². The van der Waals surface area contributed by atoms with Gasteiger partial charge < -0.3 is 15.5 Å². The second kappa shape index (κ2) is 5.07. The van der Waals surface area contributed by atoms with Gasteiger partial charge in [-0.15, -0.1) is 0 Å². The van der Waals surface area contributed by atoms with Crippen LogP contribution in [0, 0.1) is 0 Å². The molecule has 0 aliphatic heterocycles. The number of nitrogens with one attached hydrogen (secondary N) is 1. The van der Waals surface area contributed by atoms with Gasteiger partial charge in [-0.05, 0) is 37.5 Å². The third-order valence-corrected chi connectivity index (χ3v) is 3.64. The van der Waals surface area contributed by atoms with Gasteiger partial charge in [-0.25, -0.2) is 0 Å². The molecule has 0 aromatic heterocycles. The van der Waals surface area contributed by atoms with Crippen LogP contribution in [0.1, 0.15) is 44.2 Å². The molecule has 17 heavy (non-hydrogen) atoms. The first-order chi connectivity index (χ1) is 8.09. The van der Waals surface area contributed by atoms with Gasteiger partial charge in [0.25, 0.3) is 0 Å². The lowest BCUT2D eigenvalue weighted by atomic mass is 10.0. The Kier molecular flexibility index (Phi) is 3.69. The third-order valence-electron chi connectivity index (χ3n) is 3.64. The number of hydrogen-bond acceptors (Lipinski definition) is 3. The van der Waals surface area contributed by atoms with Gasteiger partial charge in [-0.2, -0.15) is 0 Å². The summed E-state index contributed by atoms with van der Waals surface area (Å²) in [5, 5.41) is 23.0. The maximum Gasteiger partial charge on any atom is 0.115 e. The summed E-state index contributed by atoms with van der Waals surface area (Å²) >= 11 is 0. The molecule has 3 heteroatoms. The van der Waals surface area contributed by atoms with E-state index in [0.29, 0.717) is 6.54 Å². The van der Waals surface area contributed by atoms with Crippen molar-refractivity contribution >= 4 is 0 Å². The van der Waals surface area contributed by atoms with Crippen molar-refractivity contribution in [2.24, 2.45) is 0 Å². The molecule has 1 unspecified atom stereocenters. The van der Waals surface area contributed by atoms with E-state index in [-0.39, 0.29) is 11.8 Å². The van der Waals surface area contributed by atoms with E-state index in [0.717, 1.165) is 31.2 Å². The molecule has 2 rings (SSSR count). The minimum absolute atomic E-state index is 0.145. The zero-order valence-corrected chi connectivity index (χ0v) is 10.3. The van der Waals surface area contributed by atoms with Crippen LogP contribution in [0.3, 0.4) is 0 Å². The fraction of sp³-hybridized carbons (Fsp3) is 0.571. The van der Waals surface area contributed by atoms with E-state index < -0.39 is 5.60 Å². The molecule has 94 valence electrons. The lowest BCUT2D eigenvalue weighted by Gasteiger charge is -2.25. The number of rotatable bonds is 4. The van der Waals surface area contributed by atoms with E-state index in [2.05, 4.69) is 5.32 Å². The van der Waals surface area contributed by atoms with E-state index >= 15 is 0 Å². The zero-order chi connectivity index (χ0) is 12.3. The molecule has 1 atom stereocenters. The van der Waals surface area contributed by atoms with E-state index in [1.165, 1.54) is 0 Å². The molecule has 1 aliphatic rings. The summed E-state index contributed by atoms with van der Waals surface area (Å²) in [6.07, 6.45) is 4.04. The molecule has 0 radical (unpaired) electrons. The fourth-order valence-corrected chi connectivity index (χ4v) is 2.46. The Labute approximate surface area is 102 Å². The van der Waals surface area contributed by atoms with Crippen molar-refractivity contribution in [1.29, 1.82) is 0 Å². The Balaban J connectivity index is 1.91. The first-order valence-corrected chi connectivity index (χ1v) is 6.34. The van der Waals surface area contributed by atoms with Gasteiger partial charge in [0, 0.05) is 12.6 Å². The molecule has 3 N–H and O–H groups in total. The van der Waals surface area contributed by atoms with Gasteiger partial charge in [0.05, 0.1) is 5.60 Å². The molecule has 1 saturated carbocycles. The molecule has 1 fully saturated rings. The number of benzene rings is 1. The molecule has 0 amide bonds. The Hall–Kier alpha value is -1.06. The lowest BCUT2D eigenvalue weighted by Crippen LogP contribution is -2.39. The van der Waals surface area contributed by atoms with Gasteiger partial charge in [0.2, 0.25) is 0 Å². The molecule has 3 nitrogen and oxygen atoms in total. The Morgan fingerprint density at radius 3 is 2.71 bits per heavy atom. The highest BCUT2D eigenvalue weighted by Gasteiger charge is 2.30. The predicted molar refractivity (Wildman–Crippen MR) is 67.9 cm³/mol. The molecular formula is C14H21NO2. The minimum atomic E-state index is -0.523. The van der Waals surface area contributed by atoms with Crippen LogP contribution in [0.5, 0.6) is 5.75 Å². The Morgan fingerprint density at radius 2 is 2.06 bits per heavy atom. The van der Waals surface area contributed by atoms with Crippen molar-refractivity contribution < 1.29 is 10.2 Å². The molecule has 1 aliphatic carbocycles. The number of aliphatic hydroxyl groups is 1. The van der Waals surface area contributed by atoms with Crippen molar-refractivity contribution in [3.63, 3.8) is 0 Å². The van der Waals surface area contributed by atoms with Gasteiger partial charge in [-0.3, -0.25) is 0 Å². The zero-order valence-electron chi connectivity index (χ0n) is 10.3. The summed E-state index contributed by atoms with van der Waals surface area (Å²) in [7, 11) is 0. The molecule has 0 spiro atoms. The van der Waals surface area contributed by atoms with Crippen LogP contribution in [-0.4, -0.2) is 22.4 Å². The van der Waals surface area contributed by atoms with Gasteiger partial charge in [0.1, 0.15) is 5.75 Å². The quantitative estimate of drug-likeness (QED) is 0.751. The lowest BCUT2D eigenvalue weighted by molar-refractivity contribution is 0.0453. The summed E-state index contributed by atoms with van der Waals surface area (Å²) in [6.45, 7) is 2.68. The molecule has 0 saturated heterocycles. The summed E-state index contributed by atoms with van der Waals surface area (Å²) in [5.41, 5.74) is 0.525. The minimum Gasteiger partial charge on any atom is -0.508 e. The number of hydrogen-bond donors (Lipinski definition) is 3. The standard InChI is InChI=1S/C14H21NO2/c1-11(12-5-4-6-13(16)9-12)15-10-14(17)7-2-3-8-14/h4-6,9,11,15-17H,2-3,7-8,10H2,1H3. The SMILES string of the molecule is CC(NCC1(O)CCCC1)c1cccc(O)c1. The van der Waals surface area contributed by atoms with Crippen molar-refractivity contribution in [3.8, 4) is 5.75 Å². The Morgan fingerprint density at radius 1 is 1.35 bits per heavy atom. The first kappa shape index (κ1) is 12.4. The highest BCUT2D eigenvalue weighted by Crippen LogP contribution is 2.29. The third kappa shape index (κ3) is 3.20. The predicted octanol–water partition coefficient (Wildman–Crippen LogP) is 2.35. The van der Waals surface area contributed by atoms with E-state index in [4.69, 9.17) is 0 Å². The van der Waals surface area contributed by atoms with Crippen LogP contribution >= 0.6 is 0 Å². The average Bonchev–Trinajstić information content (AvgIpc) is 2.74. The number of phenolic OH excluding ortho intramolecular Hbond substituents is 1. The highest BCUT2D eigenvalue weighted by atomic mass is 16.3. The molecular weight excluding hydrogens is 214 g/mol. The number of aromatic hydroxyl groups is 1. The van der Waals surface area contributed by atoms with E-state index in [1.807, 2.05) is 19.1 Å². The normalized spacial score (nSPS) is 20.4. The van der Waals surface area contributed by atoms with Crippen molar-refractivity contribution in [3.05, 3.63) is 29.8 Å². The number of phenols is 1. The molecule has 0 bridgehead atoms. The van der Waals surface area contributed by atoms with Crippen molar-refractivity contribution in [1.82, 2.24) is 5.32 Å². The van der Waals surface area contributed by atoms with E-state index in [1.54, 1.807) is 12.1 Å². The second-order valence-electron chi connectivity index (χ2n) is 5.13. The topological polar surface area (TPSA) is 52.5 Å². The first-order valence-electron chi connectivity index (χ1n) is 6.34. The van der Waals surface area contributed by atoms with Crippen molar-refractivity contribution in [2.45, 2.75) is 44.2 Å². The maximum atomic E-state index is 10.2. The van der Waals surface area contributed by atoms with Gasteiger partial charge >= 0.3 is 0 Å². The maximum absolute atomic E-state index is 10.2. The van der Waals surface area contributed by atoms with Crippen LogP contribution < -0.4 is 5.32 Å². The molecule has 1 aromatic rings. The molecule has 0 heterocycles. The van der Waals surface area contributed by atoms with Gasteiger partial charge in [0.15, 0.2) is 0 Å². The summed E-state index contributed by atoms with van der Waals surface area (Å²) in [5.74, 6) is 0.288. The van der Waals surface area contributed by atoms with Crippen LogP contribution in [-0.2, 0) is 0 Å². The van der Waals surface area contributed by atoms with Crippen LogP contribution in [0.15, 0.2) is 24.3 Å². The largest absolute Gasteiger partial charge is 0.508 e. The second-order valence-corrected chi connectivity index (χ2v) is 5.13. The van der Waals surface area contributed by atoms with Crippen molar-refractivity contribution in [2.75, 3.05) is 6.54 Å². The monoisotopic (exact) mass is 235 g/mol. The fourth-order valence-electron chi connectivity index (χ4n) is 2.46. The highest BCUT2D eigenvalue weighted by molar-refractivity contribution is 5.29. The smallest absolute Gasteiger partial charge is 0.115 e. The summed E-state index contributed by atoms with van der Waals surface area (Å²) < 4.78 is 0.